The molecule has 3 rings (SSSR count). The Kier molecular flexibility index (Phi) is 6.10. The molecule has 0 aromatic heterocycles. The van der Waals surface area contributed by atoms with Crippen molar-refractivity contribution in [2.24, 2.45) is 0 Å². The predicted molar refractivity (Wildman–Crippen MR) is 113 cm³/mol. The molecule has 26 heavy (non-hydrogen) atoms. The van der Waals surface area contributed by atoms with E-state index in [9.17, 15) is 0 Å². The number of hydrogen-bond donors (Lipinski definition) is 2. The van der Waals surface area contributed by atoms with Crippen LogP contribution in [0.3, 0.4) is 0 Å². The minimum Gasteiger partial charge on any atom is -0.495 e. The van der Waals surface area contributed by atoms with Gasteiger partial charge in [-0.25, -0.2) is 0 Å². The zero-order valence-electron chi connectivity index (χ0n) is 14.3. The van der Waals surface area contributed by atoms with Gasteiger partial charge in [-0.3, -0.25) is 0 Å². The van der Waals surface area contributed by atoms with Gasteiger partial charge in [0.15, 0.2) is 5.11 Å². The first kappa shape index (κ1) is 18.2. The molecule has 132 valence electrons. The van der Waals surface area contributed by atoms with Gasteiger partial charge in [-0.1, -0.05) is 60.1 Å². The van der Waals surface area contributed by atoms with Gasteiger partial charge >= 0.3 is 0 Å². The van der Waals surface area contributed by atoms with Crippen molar-refractivity contribution in [3.63, 3.8) is 0 Å². The molecule has 0 bridgehead atoms. The van der Waals surface area contributed by atoms with Crippen LogP contribution >= 0.6 is 23.8 Å². The average Bonchev–Trinajstić information content (AvgIpc) is 2.67. The van der Waals surface area contributed by atoms with Gasteiger partial charge in [0.25, 0.3) is 0 Å². The molecule has 3 aromatic rings. The number of anilines is 1. The number of benzene rings is 3. The van der Waals surface area contributed by atoms with Gasteiger partial charge < -0.3 is 15.4 Å². The fourth-order valence-electron chi connectivity index (χ4n) is 2.61. The number of methoxy groups -OCH3 is 1. The molecule has 0 unspecified atom stereocenters. The second-order valence-corrected chi connectivity index (χ2v) is 6.56. The molecule has 3 aromatic carbocycles. The highest BCUT2D eigenvalue weighted by atomic mass is 35.5. The number of hydrogen-bond acceptors (Lipinski definition) is 2. The molecule has 0 saturated carbocycles. The summed E-state index contributed by atoms with van der Waals surface area (Å²) < 4.78 is 5.45. The number of rotatable bonds is 5. The van der Waals surface area contributed by atoms with Crippen LogP contribution in [0.5, 0.6) is 5.75 Å². The van der Waals surface area contributed by atoms with E-state index in [1.807, 2.05) is 60.7 Å². The van der Waals surface area contributed by atoms with Crippen LogP contribution in [0.25, 0.3) is 11.1 Å². The minimum atomic E-state index is 0.522. The van der Waals surface area contributed by atoms with E-state index in [1.165, 1.54) is 0 Å². The van der Waals surface area contributed by atoms with E-state index < -0.39 is 0 Å². The summed E-state index contributed by atoms with van der Waals surface area (Å²) in [6.07, 6.45) is 0. The van der Waals surface area contributed by atoms with Crippen LogP contribution in [0.1, 0.15) is 5.56 Å². The minimum absolute atomic E-state index is 0.522. The Morgan fingerprint density at radius 2 is 1.77 bits per heavy atom. The number of thiocarbonyl (C=S) groups is 1. The maximum Gasteiger partial charge on any atom is 0.171 e. The van der Waals surface area contributed by atoms with Gasteiger partial charge in [-0.15, -0.1) is 0 Å². The predicted octanol–water partition coefficient (Wildman–Crippen LogP) is 5.50. The highest BCUT2D eigenvalue weighted by Gasteiger charge is 2.08. The zero-order chi connectivity index (χ0) is 18.4. The van der Waals surface area contributed by atoms with E-state index in [0.717, 1.165) is 28.1 Å². The Balaban J connectivity index is 1.72. The topological polar surface area (TPSA) is 33.3 Å². The van der Waals surface area contributed by atoms with Crippen LogP contribution in [0.15, 0.2) is 72.8 Å². The molecule has 0 atom stereocenters. The molecule has 0 aliphatic carbocycles. The van der Waals surface area contributed by atoms with Crippen LogP contribution in [-0.2, 0) is 6.54 Å². The molecule has 5 heteroatoms. The van der Waals surface area contributed by atoms with Crippen LogP contribution in [0.2, 0.25) is 5.02 Å². The van der Waals surface area contributed by atoms with Gasteiger partial charge in [0, 0.05) is 11.6 Å². The highest BCUT2D eigenvalue weighted by Crippen LogP contribution is 2.30. The number of halogens is 1. The molecule has 0 spiro atoms. The molecule has 0 saturated heterocycles. The lowest BCUT2D eigenvalue weighted by molar-refractivity contribution is 0.417. The molecule has 2 N–H and O–H groups in total. The summed E-state index contributed by atoms with van der Waals surface area (Å²) in [5, 5.41) is 7.64. The molecular weight excluding hydrogens is 364 g/mol. The van der Waals surface area contributed by atoms with Gasteiger partial charge in [-0.2, -0.15) is 0 Å². The van der Waals surface area contributed by atoms with Crippen molar-refractivity contribution >= 4 is 34.6 Å². The summed E-state index contributed by atoms with van der Waals surface area (Å²) in [4.78, 5) is 0. The van der Waals surface area contributed by atoms with Gasteiger partial charge in [0.05, 0.1) is 12.8 Å². The van der Waals surface area contributed by atoms with Crippen LogP contribution in [0.4, 0.5) is 5.69 Å². The smallest absolute Gasteiger partial charge is 0.171 e. The third-order valence-electron chi connectivity index (χ3n) is 3.90. The molecule has 0 amide bonds. The first-order valence-corrected chi connectivity index (χ1v) is 8.97. The summed E-state index contributed by atoms with van der Waals surface area (Å²) in [6, 6.07) is 23.8. The summed E-state index contributed by atoms with van der Waals surface area (Å²) >= 11 is 11.4. The summed E-state index contributed by atoms with van der Waals surface area (Å²) in [6.45, 7) is 0.590. The Bertz CT molecular complexity index is 900. The normalized spacial score (nSPS) is 10.2. The number of ether oxygens (including phenoxy) is 1. The fourth-order valence-corrected chi connectivity index (χ4v) is 3.01. The van der Waals surface area contributed by atoms with Crippen LogP contribution < -0.4 is 15.4 Å². The van der Waals surface area contributed by atoms with Crippen LogP contribution in [0, 0.1) is 0 Å². The van der Waals surface area contributed by atoms with Crippen molar-refractivity contribution in [2.75, 3.05) is 12.4 Å². The van der Waals surface area contributed by atoms with E-state index in [-0.39, 0.29) is 0 Å². The lowest BCUT2D eigenvalue weighted by Crippen LogP contribution is -2.28. The maximum absolute atomic E-state index is 6.01. The first-order chi connectivity index (χ1) is 12.7. The van der Waals surface area contributed by atoms with Crippen molar-refractivity contribution in [2.45, 2.75) is 6.54 Å². The Hall–Kier alpha value is -2.56. The van der Waals surface area contributed by atoms with Gasteiger partial charge in [0.1, 0.15) is 5.75 Å². The monoisotopic (exact) mass is 382 g/mol. The Morgan fingerprint density at radius 3 is 2.50 bits per heavy atom. The van der Waals surface area contributed by atoms with E-state index >= 15 is 0 Å². The third-order valence-corrected chi connectivity index (χ3v) is 4.38. The zero-order valence-corrected chi connectivity index (χ0v) is 15.9. The highest BCUT2D eigenvalue weighted by molar-refractivity contribution is 7.80. The molecule has 0 heterocycles. The van der Waals surface area contributed by atoms with E-state index in [1.54, 1.807) is 7.11 Å². The van der Waals surface area contributed by atoms with Crippen LogP contribution in [-0.4, -0.2) is 12.2 Å². The molecule has 0 aliphatic rings. The molecule has 0 aliphatic heterocycles. The SMILES string of the molecule is COc1ccc(-c2ccccc2)cc1NC(=S)NCc1cccc(Cl)c1. The molecule has 0 radical (unpaired) electrons. The Labute approximate surface area is 164 Å². The molecule has 0 fully saturated rings. The van der Waals surface area contributed by atoms with E-state index in [4.69, 9.17) is 28.6 Å². The standard InChI is InChI=1S/C21H19ClN2OS/c1-25-20-11-10-17(16-7-3-2-4-8-16)13-19(20)24-21(26)23-14-15-6-5-9-18(22)12-15/h2-13H,14H2,1H3,(H2,23,24,26). The third kappa shape index (κ3) is 4.75. The molecular formula is C21H19ClN2OS. The summed E-state index contributed by atoms with van der Waals surface area (Å²) in [5.41, 5.74) is 4.10. The largest absolute Gasteiger partial charge is 0.495 e. The van der Waals surface area contributed by atoms with E-state index in [2.05, 4.69) is 22.8 Å². The van der Waals surface area contributed by atoms with E-state index in [0.29, 0.717) is 16.7 Å². The van der Waals surface area contributed by atoms with Crippen molar-refractivity contribution in [1.82, 2.24) is 5.32 Å². The quantitative estimate of drug-likeness (QED) is 0.570. The van der Waals surface area contributed by atoms with Crippen molar-refractivity contribution < 1.29 is 4.74 Å². The van der Waals surface area contributed by atoms with Gasteiger partial charge in [-0.05, 0) is 53.2 Å². The van der Waals surface area contributed by atoms with Crippen molar-refractivity contribution in [3.8, 4) is 16.9 Å². The second kappa shape index (κ2) is 8.70. The maximum atomic E-state index is 6.01. The molecule has 3 nitrogen and oxygen atoms in total. The number of nitrogens with one attached hydrogen (secondary N) is 2. The lowest BCUT2D eigenvalue weighted by Gasteiger charge is -2.15. The van der Waals surface area contributed by atoms with Crippen molar-refractivity contribution in [1.29, 1.82) is 0 Å². The second-order valence-electron chi connectivity index (χ2n) is 5.72. The summed E-state index contributed by atoms with van der Waals surface area (Å²) in [5.74, 6) is 0.733. The average molecular weight is 383 g/mol. The van der Waals surface area contributed by atoms with Gasteiger partial charge in [0.2, 0.25) is 0 Å². The Morgan fingerprint density at radius 1 is 0.962 bits per heavy atom. The summed E-state index contributed by atoms with van der Waals surface area (Å²) in [7, 11) is 1.64. The fraction of sp³-hybridized carbons (Fsp3) is 0.0952. The lowest BCUT2D eigenvalue weighted by atomic mass is 10.0. The van der Waals surface area contributed by atoms with Crippen molar-refractivity contribution in [3.05, 3.63) is 83.4 Å². The first-order valence-electron chi connectivity index (χ1n) is 8.18.